The molecule has 0 radical (unpaired) electrons. The molecule has 7 heteroatoms. The summed E-state index contributed by atoms with van der Waals surface area (Å²) in [4.78, 5) is 11.9. The average Bonchev–Trinajstić information content (AvgIpc) is 3.23. The molecule has 2 rings (SSSR count). The number of aliphatic hydroxyl groups is 1. The van der Waals surface area contributed by atoms with Gasteiger partial charge < -0.3 is 16.2 Å². The molecule has 1 unspecified atom stereocenters. The van der Waals surface area contributed by atoms with E-state index in [1.54, 1.807) is 0 Å². The zero-order valence-electron chi connectivity index (χ0n) is 10.9. The molecule has 1 saturated carbocycles. The van der Waals surface area contributed by atoms with E-state index in [9.17, 15) is 4.79 Å². The molecule has 0 spiro atoms. The summed E-state index contributed by atoms with van der Waals surface area (Å²) in [5.74, 6) is 0.508. The first-order valence-electron chi connectivity index (χ1n) is 6.36. The van der Waals surface area contributed by atoms with Gasteiger partial charge in [0.1, 0.15) is 5.02 Å². The number of nitrogens with two attached hydrogens (primary N) is 1. The van der Waals surface area contributed by atoms with Crippen molar-refractivity contribution < 1.29 is 5.11 Å². The molecular weight excluding hydrogens is 268 g/mol. The minimum absolute atomic E-state index is 0.0868. The molecule has 0 aromatic carbocycles. The van der Waals surface area contributed by atoms with E-state index in [0.29, 0.717) is 18.2 Å². The summed E-state index contributed by atoms with van der Waals surface area (Å²) in [6, 6.07) is 0. The topological polar surface area (TPSA) is 93.2 Å². The van der Waals surface area contributed by atoms with E-state index < -0.39 is 5.56 Å². The number of aliphatic hydroxyl groups excluding tert-OH is 1. The summed E-state index contributed by atoms with van der Waals surface area (Å²) in [5, 5.41) is 16.2. The van der Waals surface area contributed by atoms with Crippen LogP contribution in [0.4, 0.5) is 5.69 Å². The van der Waals surface area contributed by atoms with Crippen LogP contribution in [-0.4, -0.2) is 33.6 Å². The first-order valence-corrected chi connectivity index (χ1v) is 6.74. The number of hydrogen-bond acceptors (Lipinski definition) is 5. The van der Waals surface area contributed by atoms with Gasteiger partial charge in [-0.3, -0.25) is 4.79 Å². The predicted octanol–water partition coefficient (Wildman–Crippen LogP) is 0.428. The van der Waals surface area contributed by atoms with Crippen molar-refractivity contribution in [3.05, 3.63) is 21.6 Å². The van der Waals surface area contributed by atoms with E-state index in [4.69, 9.17) is 22.4 Å². The minimum Gasteiger partial charge on any atom is -0.394 e. The van der Waals surface area contributed by atoms with E-state index in [1.807, 2.05) is 6.92 Å². The smallest absolute Gasteiger partial charge is 0.287 e. The Balaban J connectivity index is 2.26. The first kappa shape index (κ1) is 14.3. The molecule has 0 aliphatic heterocycles. The summed E-state index contributed by atoms with van der Waals surface area (Å²) in [7, 11) is 0. The van der Waals surface area contributed by atoms with Crippen LogP contribution in [0.1, 0.15) is 19.8 Å². The number of rotatable bonds is 6. The average molecular weight is 287 g/mol. The Morgan fingerprint density at radius 3 is 2.89 bits per heavy atom. The third kappa shape index (κ3) is 2.91. The fourth-order valence-corrected chi connectivity index (χ4v) is 2.35. The van der Waals surface area contributed by atoms with Crippen LogP contribution < -0.4 is 16.6 Å². The summed E-state index contributed by atoms with van der Waals surface area (Å²) in [5.41, 5.74) is 5.65. The molecule has 1 atom stereocenters. The van der Waals surface area contributed by atoms with Crippen molar-refractivity contribution in [1.29, 1.82) is 0 Å². The van der Waals surface area contributed by atoms with Crippen LogP contribution in [0.5, 0.6) is 0 Å². The quantitative estimate of drug-likeness (QED) is 0.705. The van der Waals surface area contributed by atoms with Crippen LogP contribution in [0.25, 0.3) is 0 Å². The second kappa shape index (κ2) is 5.48. The number of nitrogens with zero attached hydrogens (tertiary/aromatic N) is 2. The molecule has 0 saturated heterocycles. The Bertz CT molecular complexity index is 515. The lowest BCUT2D eigenvalue weighted by molar-refractivity contribution is 0.266. The second-order valence-corrected chi connectivity index (χ2v) is 5.52. The van der Waals surface area contributed by atoms with Crippen molar-refractivity contribution in [2.24, 2.45) is 11.7 Å². The highest BCUT2D eigenvalue weighted by Gasteiger charge is 2.40. The van der Waals surface area contributed by atoms with Crippen molar-refractivity contribution in [1.82, 2.24) is 9.78 Å². The lowest BCUT2D eigenvalue weighted by Gasteiger charge is -2.31. The molecule has 1 aliphatic rings. The van der Waals surface area contributed by atoms with Crippen LogP contribution in [-0.2, 0) is 6.54 Å². The van der Waals surface area contributed by atoms with Gasteiger partial charge in [-0.25, -0.2) is 4.68 Å². The molecule has 106 valence electrons. The number of hydrogen-bond donors (Lipinski definition) is 3. The maximum Gasteiger partial charge on any atom is 0.287 e. The van der Waals surface area contributed by atoms with Crippen LogP contribution >= 0.6 is 11.6 Å². The lowest BCUT2D eigenvalue weighted by Crippen LogP contribution is -2.45. The first-order chi connectivity index (χ1) is 9.01. The highest BCUT2D eigenvalue weighted by molar-refractivity contribution is 6.32. The molecule has 0 bridgehead atoms. The van der Waals surface area contributed by atoms with Crippen LogP contribution in [0.3, 0.4) is 0 Å². The molecule has 1 aromatic heterocycles. The van der Waals surface area contributed by atoms with Gasteiger partial charge in [-0.15, -0.1) is 0 Å². The summed E-state index contributed by atoms with van der Waals surface area (Å²) in [6.45, 7) is 2.47. The van der Waals surface area contributed by atoms with Crippen molar-refractivity contribution >= 4 is 17.3 Å². The lowest BCUT2D eigenvalue weighted by atomic mass is 9.96. The second-order valence-electron chi connectivity index (χ2n) is 5.14. The van der Waals surface area contributed by atoms with Crippen LogP contribution in [0, 0.1) is 5.92 Å². The largest absolute Gasteiger partial charge is 0.394 e. The summed E-state index contributed by atoms with van der Waals surface area (Å²) >= 11 is 6.06. The Hall–Kier alpha value is -1.11. The van der Waals surface area contributed by atoms with Crippen molar-refractivity contribution in [2.75, 3.05) is 18.5 Å². The number of anilines is 1. The van der Waals surface area contributed by atoms with Gasteiger partial charge in [0.05, 0.1) is 25.0 Å². The normalized spacial score (nSPS) is 18.1. The SMILES string of the molecule is CC(CN)(Nc1cnn(CCO)c(=O)c1Cl)C1CC1. The maximum atomic E-state index is 11.9. The van der Waals surface area contributed by atoms with E-state index >= 15 is 0 Å². The zero-order chi connectivity index (χ0) is 14.0. The monoisotopic (exact) mass is 286 g/mol. The van der Waals surface area contributed by atoms with Crippen molar-refractivity contribution in [3.8, 4) is 0 Å². The zero-order valence-corrected chi connectivity index (χ0v) is 11.7. The maximum absolute atomic E-state index is 11.9. The fourth-order valence-electron chi connectivity index (χ4n) is 2.15. The van der Waals surface area contributed by atoms with Gasteiger partial charge in [-0.1, -0.05) is 11.6 Å². The Morgan fingerprint density at radius 1 is 1.68 bits per heavy atom. The number of aromatic nitrogens is 2. The van der Waals surface area contributed by atoms with E-state index in [-0.39, 0.29) is 23.7 Å². The number of nitrogens with one attached hydrogen (secondary N) is 1. The van der Waals surface area contributed by atoms with Crippen molar-refractivity contribution in [2.45, 2.75) is 31.8 Å². The molecule has 1 aromatic rings. The molecule has 0 amide bonds. The van der Waals surface area contributed by atoms with Gasteiger partial charge in [-0.2, -0.15) is 5.10 Å². The molecule has 1 fully saturated rings. The van der Waals surface area contributed by atoms with Crippen molar-refractivity contribution in [3.63, 3.8) is 0 Å². The third-order valence-electron chi connectivity index (χ3n) is 3.62. The van der Waals surface area contributed by atoms with Gasteiger partial charge in [-0.05, 0) is 25.7 Å². The highest BCUT2D eigenvalue weighted by Crippen LogP contribution is 2.41. The Morgan fingerprint density at radius 2 is 2.37 bits per heavy atom. The summed E-state index contributed by atoms with van der Waals surface area (Å²) in [6.07, 6.45) is 3.77. The standard InChI is InChI=1S/C12H19ClN4O2/c1-12(7-14,8-2-3-8)16-9-6-15-17(4-5-18)11(19)10(9)13/h6,8,16,18H,2-5,7,14H2,1H3. The number of halogens is 1. The molecule has 6 nitrogen and oxygen atoms in total. The van der Waals surface area contributed by atoms with Crippen LogP contribution in [0.15, 0.2) is 11.0 Å². The van der Waals surface area contributed by atoms with E-state index in [2.05, 4.69) is 10.4 Å². The summed E-state index contributed by atoms with van der Waals surface area (Å²) < 4.78 is 1.14. The molecule has 4 N–H and O–H groups in total. The molecule has 1 aliphatic carbocycles. The van der Waals surface area contributed by atoms with Gasteiger partial charge in [0.2, 0.25) is 0 Å². The van der Waals surface area contributed by atoms with Gasteiger partial charge in [0.15, 0.2) is 0 Å². The van der Waals surface area contributed by atoms with Gasteiger partial charge in [0.25, 0.3) is 5.56 Å². The molecule has 19 heavy (non-hydrogen) atoms. The minimum atomic E-state index is -0.407. The van der Waals surface area contributed by atoms with Crippen LogP contribution in [0.2, 0.25) is 5.02 Å². The Labute approximate surface area is 116 Å². The predicted molar refractivity (Wildman–Crippen MR) is 74.4 cm³/mol. The van der Waals surface area contributed by atoms with E-state index in [1.165, 1.54) is 6.20 Å². The van der Waals surface area contributed by atoms with E-state index in [0.717, 1.165) is 17.5 Å². The Kier molecular flexibility index (Phi) is 4.13. The fraction of sp³-hybridized carbons (Fsp3) is 0.667. The van der Waals surface area contributed by atoms with Gasteiger partial charge in [0, 0.05) is 12.1 Å². The molecular formula is C12H19ClN4O2. The highest BCUT2D eigenvalue weighted by atomic mass is 35.5. The van der Waals surface area contributed by atoms with Gasteiger partial charge >= 0.3 is 0 Å². The molecule has 1 heterocycles. The third-order valence-corrected chi connectivity index (χ3v) is 3.98.